The average molecular weight is 704 g/mol. The Kier molecular flexibility index (Phi) is 7.39. The highest BCUT2D eigenvalue weighted by molar-refractivity contribution is 7.90. The second-order valence-corrected chi connectivity index (χ2v) is 16.8. The van der Waals surface area contributed by atoms with E-state index in [2.05, 4.69) is 38.3 Å². The van der Waals surface area contributed by atoms with Crippen LogP contribution in [-0.4, -0.2) is 67.5 Å². The summed E-state index contributed by atoms with van der Waals surface area (Å²) in [5, 5.41) is 10.6. The van der Waals surface area contributed by atoms with E-state index >= 15 is 0 Å². The molecule has 5 aliphatic rings. The molecule has 0 radical (unpaired) electrons. The van der Waals surface area contributed by atoms with Crippen molar-refractivity contribution in [3.8, 4) is 23.1 Å². The van der Waals surface area contributed by atoms with Crippen LogP contribution in [0, 0.1) is 16.7 Å². The summed E-state index contributed by atoms with van der Waals surface area (Å²) in [7, 11) is -0.534. The summed E-state index contributed by atoms with van der Waals surface area (Å²) >= 11 is 0. The predicted molar refractivity (Wildman–Crippen MR) is 192 cm³/mol. The van der Waals surface area contributed by atoms with E-state index in [4.69, 9.17) is 4.74 Å². The van der Waals surface area contributed by atoms with E-state index in [0.29, 0.717) is 12.5 Å². The van der Waals surface area contributed by atoms with Crippen molar-refractivity contribution in [3.63, 3.8) is 0 Å². The lowest BCUT2D eigenvalue weighted by Crippen LogP contribution is -2.44. The van der Waals surface area contributed by atoms with Crippen molar-refractivity contribution in [1.82, 2.24) is 19.1 Å². The van der Waals surface area contributed by atoms with Gasteiger partial charge in [-0.05, 0) is 98.7 Å². The molecule has 9 rings (SSSR count). The van der Waals surface area contributed by atoms with Gasteiger partial charge in [-0.1, -0.05) is 37.5 Å². The minimum Gasteiger partial charge on any atom is -0.497 e. The first-order chi connectivity index (χ1) is 24.6. The smallest absolute Gasteiger partial charge is 0.265 e. The molecule has 3 aliphatic heterocycles. The standard InChI is InChI=1S/C40H41N5O5S/c1-43-22-27-13-17-35(43)45(27)39(47)40-20-32(40)31-19-28(50-2)14-16-29(31)37-36(24-8-4-3-5-9-24)30-15-12-25(18-33(30)44(37)23-40)38(46)42-51(48,49)34-11-7-6-10-26(34)21-41/h6-7,10-12,14-16,18-19,24,27,32,35H,3-5,8-9,13,17,20,22-23H2,1-2H3,(H,42,46). The Balaban J connectivity index is 1.21. The monoisotopic (exact) mass is 703 g/mol. The number of benzene rings is 3. The third-order valence-electron chi connectivity index (χ3n) is 12.4. The van der Waals surface area contributed by atoms with Crippen molar-refractivity contribution in [2.24, 2.45) is 5.41 Å². The van der Waals surface area contributed by atoms with Gasteiger partial charge in [0.1, 0.15) is 16.7 Å². The summed E-state index contributed by atoms with van der Waals surface area (Å²) < 4.78 is 37.0. The maximum absolute atomic E-state index is 15.0. The number of rotatable bonds is 6. The van der Waals surface area contributed by atoms with Crippen molar-refractivity contribution in [3.05, 3.63) is 82.9 Å². The number of hydrogen-bond donors (Lipinski definition) is 1. The minimum atomic E-state index is -4.32. The van der Waals surface area contributed by atoms with E-state index in [-0.39, 0.29) is 40.1 Å². The molecule has 0 spiro atoms. The first kappa shape index (κ1) is 32.3. The van der Waals surface area contributed by atoms with E-state index in [0.717, 1.165) is 85.0 Å². The van der Waals surface area contributed by atoms with E-state index in [1.54, 1.807) is 25.3 Å². The zero-order valence-corrected chi connectivity index (χ0v) is 29.7. The van der Waals surface area contributed by atoms with Crippen LogP contribution in [0.1, 0.15) is 90.3 Å². The number of hydrogen-bond acceptors (Lipinski definition) is 7. The van der Waals surface area contributed by atoms with Gasteiger partial charge in [-0.25, -0.2) is 13.1 Å². The predicted octanol–water partition coefficient (Wildman–Crippen LogP) is 6.10. The summed E-state index contributed by atoms with van der Waals surface area (Å²) in [5.74, 6) is 0.559. The maximum Gasteiger partial charge on any atom is 0.265 e. The number of aromatic nitrogens is 1. The van der Waals surface area contributed by atoms with Crippen LogP contribution in [-0.2, 0) is 21.4 Å². The summed E-state index contributed by atoms with van der Waals surface area (Å²) in [4.78, 5) is 32.9. The Morgan fingerprint density at radius 1 is 1.00 bits per heavy atom. The van der Waals surface area contributed by atoms with Crippen LogP contribution in [0.15, 0.2) is 65.6 Å². The quantitative estimate of drug-likeness (QED) is 0.257. The van der Waals surface area contributed by atoms with Gasteiger partial charge in [0.2, 0.25) is 5.91 Å². The van der Waals surface area contributed by atoms with Gasteiger partial charge in [0.25, 0.3) is 15.9 Å². The number of fused-ring (bicyclic) bond motifs is 9. The van der Waals surface area contributed by atoms with Crippen molar-refractivity contribution in [2.45, 2.75) is 86.9 Å². The largest absolute Gasteiger partial charge is 0.497 e. The number of piperidine rings is 1. The fourth-order valence-corrected chi connectivity index (χ4v) is 11.1. The second-order valence-electron chi connectivity index (χ2n) is 15.2. The normalized spacial score (nSPS) is 25.4. The number of nitriles is 1. The molecular weight excluding hydrogens is 663 g/mol. The molecule has 4 aromatic rings. The Hall–Kier alpha value is -4.66. The second kappa shape index (κ2) is 11.7. The molecule has 2 amide bonds. The topological polar surface area (TPSA) is 125 Å². The van der Waals surface area contributed by atoms with E-state index in [1.165, 1.54) is 30.2 Å². The molecule has 2 saturated carbocycles. The SMILES string of the molecule is COc1ccc2c(c1)C1CC1(C(=O)N1C3CCC1N(C)C3)Cn1c-2c(C2CCCCC2)c2ccc(C(=O)NS(=O)(=O)c3ccccc3C#N)cc21. The summed E-state index contributed by atoms with van der Waals surface area (Å²) in [5.41, 5.74) is 4.94. The zero-order chi connectivity index (χ0) is 35.2. The molecule has 2 saturated heterocycles. The van der Waals surface area contributed by atoms with Gasteiger partial charge in [-0.15, -0.1) is 0 Å². The lowest BCUT2D eigenvalue weighted by molar-refractivity contribution is -0.140. The van der Waals surface area contributed by atoms with Gasteiger partial charge in [-0.3, -0.25) is 14.5 Å². The van der Waals surface area contributed by atoms with Crippen LogP contribution in [0.25, 0.3) is 22.2 Å². The lowest BCUT2D eigenvalue weighted by atomic mass is 9.81. The molecule has 10 nitrogen and oxygen atoms in total. The van der Waals surface area contributed by atoms with Crippen molar-refractivity contribution >= 4 is 32.7 Å². The minimum absolute atomic E-state index is 0.0337. The van der Waals surface area contributed by atoms with Gasteiger partial charge in [0.15, 0.2) is 0 Å². The summed E-state index contributed by atoms with van der Waals surface area (Å²) in [6.07, 6.45) is 8.49. The lowest BCUT2D eigenvalue weighted by Gasteiger charge is -2.29. The number of carbonyl (C=O) groups excluding carboxylic acids is 2. The first-order valence-electron chi connectivity index (χ1n) is 18.1. The zero-order valence-electron chi connectivity index (χ0n) is 28.9. The third-order valence-corrected chi connectivity index (χ3v) is 13.8. The number of likely N-dealkylation sites (tertiary alicyclic amines) is 1. The van der Waals surface area contributed by atoms with Crippen molar-refractivity contribution in [1.29, 1.82) is 5.26 Å². The van der Waals surface area contributed by atoms with Crippen LogP contribution >= 0.6 is 0 Å². The molecule has 3 aromatic carbocycles. The molecule has 262 valence electrons. The Morgan fingerprint density at radius 2 is 1.80 bits per heavy atom. The molecule has 4 heterocycles. The molecule has 11 heteroatoms. The number of sulfonamides is 1. The fraction of sp³-hybridized carbons (Fsp3) is 0.425. The van der Waals surface area contributed by atoms with Crippen molar-refractivity contribution in [2.75, 3.05) is 20.7 Å². The Morgan fingerprint density at radius 3 is 2.53 bits per heavy atom. The average Bonchev–Trinajstić information content (AvgIpc) is 3.46. The number of nitrogens with one attached hydrogen (secondary N) is 1. The molecule has 2 aliphatic carbocycles. The van der Waals surface area contributed by atoms with Gasteiger partial charge in [-0.2, -0.15) is 5.26 Å². The van der Waals surface area contributed by atoms with Gasteiger partial charge in [0.05, 0.1) is 29.9 Å². The first-order valence-corrected chi connectivity index (χ1v) is 19.6. The molecule has 4 atom stereocenters. The van der Waals surface area contributed by atoms with Crippen LogP contribution in [0.5, 0.6) is 5.75 Å². The van der Waals surface area contributed by atoms with Crippen molar-refractivity contribution < 1.29 is 22.7 Å². The highest BCUT2D eigenvalue weighted by atomic mass is 32.2. The Bertz CT molecular complexity index is 2290. The number of carbonyl (C=O) groups is 2. The van der Waals surface area contributed by atoms with Crippen LogP contribution < -0.4 is 9.46 Å². The van der Waals surface area contributed by atoms with Gasteiger partial charge >= 0.3 is 0 Å². The molecule has 1 aromatic heterocycles. The molecular formula is C40H41N5O5S. The van der Waals surface area contributed by atoms with Crippen LogP contribution in [0.2, 0.25) is 0 Å². The van der Waals surface area contributed by atoms with Gasteiger partial charge in [0, 0.05) is 47.1 Å². The van der Waals surface area contributed by atoms with E-state index in [9.17, 15) is 23.3 Å². The fourth-order valence-electron chi connectivity index (χ4n) is 9.94. The van der Waals surface area contributed by atoms with Crippen LogP contribution in [0.3, 0.4) is 0 Å². The van der Waals surface area contributed by atoms with Gasteiger partial charge < -0.3 is 14.2 Å². The Labute approximate surface area is 298 Å². The number of amides is 2. The number of methoxy groups -OCH3 is 1. The number of likely N-dealkylation sites (N-methyl/N-ethyl adjacent to an activating group) is 1. The molecule has 2 bridgehead atoms. The summed E-state index contributed by atoms with van der Waals surface area (Å²) in [6.45, 7) is 1.37. The number of ether oxygens (including phenoxy) is 1. The number of nitrogens with zero attached hydrogens (tertiary/aromatic N) is 4. The molecule has 4 fully saturated rings. The highest BCUT2D eigenvalue weighted by Gasteiger charge is 2.66. The maximum atomic E-state index is 15.0. The highest BCUT2D eigenvalue weighted by Crippen LogP contribution is 2.67. The third kappa shape index (κ3) is 4.86. The summed E-state index contributed by atoms with van der Waals surface area (Å²) in [6, 6.07) is 19.7. The molecule has 51 heavy (non-hydrogen) atoms. The molecule has 4 unspecified atom stereocenters. The van der Waals surface area contributed by atoms with E-state index < -0.39 is 21.3 Å². The molecule has 1 N–H and O–H groups in total. The van der Waals surface area contributed by atoms with Crippen LogP contribution in [0.4, 0.5) is 0 Å². The van der Waals surface area contributed by atoms with E-state index in [1.807, 2.05) is 18.2 Å².